The molecule has 2 fully saturated rings. The van der Waals surface area contributed by atoms with Gasteiger partial charge in [-0.1, -0.05) is 43.2 Å². The Labute approximate surface area is 128 Å². The van der Waals surface area contributed by atoms with Crippen LogP contribution in [-0.4, -0.2) is 34.7 Å². The van der Waals surface area contributed by atoms with E-state index in [-0.39, 0.29) is 12.1 Å². The molecule has 4 atom stereocenters. The van der Waals surface area contributed by atoms with E-state index in [4.69, 9.17) is 5.73 Å². The molecule has 3 rings (SSSR count). The van der Waals surface area contributed by atoms with Crippen molar-refractivity contribution in [2.45, 2.75) is 56.7 Å². The molecule has 1 saturated carbocycles. The van der Waals surface area contributed by atoms with Crippen molar-refractivity contribution in [3.8, 4) is 0 Å². The summed E-state index contributed by atoms with van der Waals surface area (Å²) in [6.07, 6.45) is 5.48. The van der Waals surface area contributed by atoms with Gasteiger partial charge in [0.1, 0.15) is 0 Å². The molecule has 0 bridgehead atoms. The second kappa shape index (κ2) is 6.07. The molecule has 21 heavy (non-hydrogen) atoms. The quantitative estimate of drug-likeness (QED) is 0.899. The summed E-state index contributed by atoms with van der Waals surface area (Å²) in [6.45, 7) is 4.03. The summed E-state index contributed by atoms with van der Waals surface area (Å²) in [5, 5.41) is 10.8. The van der Waals surface area contributed by atoms with Crippen LogP contribution < -0.4 is 5.73 Å². The molecule has 1 aliphatic carbocycles. The highest BCUT2D eigenvalue weighted by atomic mass is 16.3. The van der Waals surface area contributed by atoms with Gasteiger partial charge >= 0.3 is 0 Å². The van der Waals surface area contributed by atoms with E-state index in [2.05, 4.69) is 42.2 Å². The Morgan fingerprint density at radius 3 is 2.71 bits per heavy atom. The topological polar surface area (TPSA) is 49.5 Å². The number of likely N-dealkylation sites (tertiary alicyclic amines) is 1. The van der Waals surface area contributed by atoms with Gasteiger partial charge in [-0.3, -0.25) is 4.90 Å². The molecule has 1 aromatic carbocycles. The molecule has 116 valence electrons. The predicted molar refractivity (Wildman–Crippen MR) is 85.9 cm³/mol. The summed E-state index contributed by atoms with van der Waals surface area (Å²) < 4.78 is 0. The van der Waals surface area contributed by atoms with Crippen molar-refractivity contribution in [1.29, 1.82) is 0 Å². The number of piperidine rings is 1. The summed E-state index contributed by atoms with van der Waals surface area (Å²) in [5.41, 5.74) is 7.19. The summed E-state index contributed by atoms with van der Waals surface area (Å²) in [4.78, 5) is 2.50. The lowest BCUT2D eigenvalue weighted by Crippen LogP contribution is -2.55. The zero-order valence-electron chi connectivity index (χ0n) is 13.0. The molecule has 0 aromatic heterocycles. The van der Waals surface area contributed by atoms with Crippen molar-refractivity contribution in [2.24, 2.45) is 11.7 Å². The van der Waals surface area contributed by atoms with E-state index in [9.17, 15) is 5.11 Å². The Kier molecular flexibility index (Phi) is 4.34. The molecule has 1 aliphatic heterocycles. The van der Waals surface area contributed by atoms with Crippen LogP contribution in [0.1, 0.15) is 50.6 Å². The Bertz CT molecular complexity index is 462. The van der Waals surface area contributed by atoms with Crippen LogP contribution in [0.3, 0.4) is 0 Å². The third-order valence-electron chi connectivity index (χ3n) is 5.49. The van der Waals surface area contributed by atoms with Gasteiger partial charge in [-0.15, -0.1) is 0 Å². The van der Waals surface area contributed by atoms with Crippen LogP contribution in [0.15, 0.2) is 30.3 Å². The Balaban J connectivity index is 1.79. The predicted octanol–water partition coefficient (Wildman–Crippen LogP) is 2.70. The first-order valence-electron chi connectivity index (χ1n) is 8.37. The molecule has 3 N–H and O–H groups in total. The van der Waals surface area contributed by atoms with E-state index in [0.717, 1.165) is 32.4 Å². The lowest BCUT2D eigenvalue weighted by atomic mass is 9.70. The SMILES string of the molecule is CC(N)C(c1ccccc1)N1CCC2(O)CCCCC2C1. The lowest BCUT2D eigenvalue weighted by Gasteiger charge is -2.50. The number of nitrogens with two attached hydrogens (primary N) is 1. The largest absolute Gasteiger partial charge is 0.390 e. The molecular formula is C18H28N2O. The lowest BCUT2D eigenvalue weighted by molar-refractivity contribution is -0.104. The van der Waals surface area contributed by atoms with Crippen molar-refractivity contribution in [3.05, 3.63) is 35.9 Å². The summed E-state index contributed by atoms with van der Waals surface area (Å²) in [5.74, 6) is 0.421. The molecule has 1 heterocycles. The van der Waals surface area contributed by atoms with Crippen molar-refractivity contribution in [3.63, 3.8) is 0 Å². The number of hydrogen-bond donors (Lipinski definition) is 2. The minimum atomic E-state index is -0.409. The van der Waals surface area contributed by atoms with Crippen molar-refractivity contribution < 1.29 is 5.11 Å². The number of rotatable bonds is 3. The first-order chi connectivity index (χ1) is 10.1. The first kappa shape index (κ1) is 15.0. The van der Waals surface area contributed by atoms with Gasteiger partial charge in [0.15, 0.2) is 0 Å². The van der Waals surface area contributed by atoms with Gasteiger partial charge in [-0.2, -0.15) is 0 Å². The van der Waals surface area contributed by atoms with Crippen LogP contribution in [0.4, 0.5) is 0 Å². The molecule has 1 saturated heterocycles. The average Bonchev–Trinajstić information content (AvgIpc) is 2.48. The maximum atomic E-state index is 10.8. The second-order valence-electron chi connectivity index (χ2n) is 7.01. The van der Waals surface area contributed by atoms with Crippen LogP contribution >= 0.6 is 0 Å². The second-order valence-corrected chi connectivity index (χ2v) is 7.01. The molecule has 0 radical (unpaired) electrons. The van der Waals surface area contributed by atoms with E-state index in [1.807, 2.05) is 0 Å². The van der Waals surface area contributed by atoms with Gasteiger partial charge in [0.2, 0.25) is 0 Å². The average molecular weight is 288 g/mol. The van der Waals surface area contributed by atoms with Gasteiger partial charge in [0.25, 0.3) is 0 Å². The molecule has 4 unspecified atom stereocenters. The highest BCUT2D eigenvalue weighted by molar-refractivity contribution is 5.21. The summed E-state index contributed by atoms with van der Waals surface area (Å²) in [6, 6.07) is 10.9. The number of hydrogen-bond acceptors (Lipinski definition) is 3. The van der Waals surface area contributed by atoms with Crippen molar-refractivity contribution >= 4 is 0 Å². The Hall–Kier alpha value is -0.900. The minimum absolute atomic E-state index is 0.0992. The summed E-state index contributed by atoms with van der Waals surface area (Å²) >= 11 is 0. The van der Waals surface area contributed by atoms with Gasteiger partial charge < -0.3 is 10.8 Å². The third kappa shape index (κ3) is 3.01. The van der Waals surface area contributed by atoms with Gasteiger partial charge in [-0.05, 0) is 31.7 Å². The van der Waals surface area contributed by atoms with E-state index in [1.165, 1.54) is 18.4 Å². The van der Waals surface area contributed by atoms with E-state index < -0.39 is 5.60 Å². The molecule has 2 aliphatic rings. The van der Waals surface area contributed by atoms with Crippen LogP contribution in [-0.2, 0) is 0 Å². The zero-order chi connectivity index (χ0) is 14.9. The van der Waals surface area contributed by atoms with Crippen molar-refractivity contribution in [2.75, 3.05) is 13.1 Å². The van der Waals surface area contributed by atoms with E-state index in [1.54, 1.807) is 0 Å². The number of benzene rings is 1. The van der Waals surface area contributed by atoms with Gasteiger partial charge in [0.05, 0.1) is 5.60 Å². The fourth-order valence-electron chi connectivity index (χ4n) is 4.35. The van der Waals surface area contributed by atoms with Crippen LogP contribution in [0.5, 0.6) is 0 Å². The normalized spacial score (nSPS) is 33.2. The number of fused-ring (bicyclic) bond motifs is 1. The van der Waals surface area contributed by atoms with E-state index >= 15 is 0 Å². The third-order valence-corrected chi connectivity index (χ3v) is 5.49. The number of aliphatic hydroxyl groups is 1. The standard InChI is InChI=1S/C18H28N2O/c1-14(19)17(15-7-3-2-4-8-15)20-12-11-18(21)10-6-5-9-16(18)13-20/h2-4,7-8,14,16-17,21H,5-6,9-13,19H2,1H3. The highest BCUT2D eigenvalue weighted by Gasteiger charge is 2.44. The monoisotopic (exact) mass is 288 g/mol. The summed E-state index contributed by atoms with van der Waals surface area (Å²) in [7, 11) is 0. The molecule has 1 aromatic rings. The Morgan fingerprint density at radius 2 is 2.00 bits per heavy atom. The number of nitrogens with zero attached hydrogens (tertiary/aromatic N) is 1. The molecule has 0 spiro atoms. The maximum Gasteiger partial charge on any atom is 0.0700 e. The highest BCUT2D eigenvalue weighted by Crippen LogP contribution is 2.42. The zero-order valence-corrected chi connectivity index (χ0v) is 13.0. The fraction of sp³-hybridized carbons (Fsp3) is 0.667. The van der Waals surface area contributed by atoms with Crippen LogP contribution in [0.2, 0.25) is 0 Å². The van der Waals surface area contributed by atoms with Crippen LogP contribution in [0.25, 0.3) is 0 Å². The fourth-order valence-corrected chi connectivity index (χ4v) is 4.35. The van der Waals surface area contributed by atoms with E-state index in [0.29, 0.717) is 5.92 Å². The maximum absolute atomic E-state index is 10.8. The Morgan fingerprint density at radius 1 is 1.24 bits per heavy atom. The smallest absolute Gasteiger partial charge is 0.0700 e. The first-order valence-corrected chi connectivity index (χ1v) is 8.37. The molecule has 3 nitrogen and oxygen atoms in total. The molecular weight excluding hydrogens is 260 g/mol. The minimum Gasteiger partial charge on any atom is -0.390 e. The molecule has 0 amide bonds. The van der Waals surface area contributed by atoms with Crippen molar-refractivity contribution in [1.82, 2.24) is 4.90 Å². The van der Waals surface area contributed by atoms with Gasteiger partial charge in [0, 0.05) is 31.1 Å². The van der Waals surface area contributed by atoms with Gasteiger partial charge in [-0.25, -0.2) is 0 Å². The molecule has 3 heteroatoms. The van der Waals surface area contributed by atoms with Crippen LogP contribution in [0, 0.1) is 5.92 Å².